The second kappa shape index (κ2) is 12.3. The molecule has 0 bridgehead atoms. The molecule has 5 heterocycles. The molecule has 0 aliphatic carbocycles. The molecule has 0 radical (unpaired) electrons. The van der Waals surface area contributed by atoms with Crippen LogP contribution in [0.25, 0.3) is 11.3 Å². The third-order valence-corrected chi connectivity index (χ3v) is 7.29. The van der Waals surface area contributed by atoms with Gasteiger partial charge in [-0.05, 0) is 31.7 Å². The number of amides is 1. The predicted octanol–water partition coefficient (Wildman–Crippen LogP) is 1.87. The smallest absolute Gasteiger partial charge is 0.413 e. The highest BCUT2D eigenvalue weighted by molar-refractivity contribution is 5.89. The summed E-state index contributed by atoms with van der Waals surface area (Å²) in [7, 11) is 4.14. The molecule has 6 rings (SSSR count). The van der Waals surface area contributed by atoms with Crippen LogP contribution in [0, 0.1) is 0 Å². The summed E-state index contributed by atoms with van der Waals surface area (Å²) in [5.74, 6) is 1.09. The van der Waals surface area contributed by atoms with Crippen molar-refractivity contribution >= 4 is 35.2 Å². The molecule has 3 aliphatic rings. The van der Waals surface area contributed by atoms with Gasteiger partial charge in [-0.15, -0.1) is 0 Å². The number of nitrogens with one attached hydrogen (secondary N) is 1. The molecule has 0 saturated carbocycles. The van der Waals surface area contributed by atoms with Crippen LogP contribution in [-0.2, 0) is 11.2 Å². The summed E-state index contributed by atoms with van der Waals surface area (Å²) < 4.78 is 5.37. The lowest BCUT2D eigenvalue weighted by Gasteiger charge is -2.34. The number of carboxylic acid groups (broad SMARTS) is 1. The van der Waals surface area contributed by atoms with Gasteiger partial charge in [-0.2, -0.15) is 4.98 Å². The number of piperazine rings is 1. The number of likely N-dealkylation sites (N-methyl/N-ethyl adjacent to an activating group) is 1. The van der Waals surface area contributed by atoms with E-state index in [0.717, 1.165) is 31.7 Å². The lowest BCUT2D eigenvalue weighted by Crippen LogP contribution is -2.44. The van der Waals surface area contributed by atoms with E-state index in [1.54, 1.807) is 12.4 Å². The first kappa shape index (κ1) is 27.3. The molecule has 3 aromatic rings. The van der Waals surface area contributed by atoms with Gasteiger partial charge in [-0.1, -0.05) is 6.07 Å². The van der Waals surface area contributed by atoms with Crippen molar-refractivity contribution < 1.29 is 14.6 Å². The molecule has 2 fully saturated rings. The van der Waals surface area contributed by atoms with Crippen molar-refractivity contribution in [1.82, 2.24) is 24.8 Å². The molecule has 2 aromatic heterocycles. The molecule has 1 amide bonds. The Kier molecular flexibility index (Phi) is 8.41. The minimum Gasteiger partial charge on any atom is -0.465 e. The quantitative estimate of drug-likeness (QED) is 0.437. The number of aromatic nitrogens is 4. The molecular weight excluding hydrogens is 512 g/mol. The Morgan fingerprint density at radius 1 is 1.00 bits per heavy atom. The number of carbonyl (C=O) groups is 1. The minimum absolute atomic E-state index is 0.176. The summed E-state index contributed by atoms with van der Waals surface area (Å²) in [6.45, 7) is 7.41. The van der Waals surface area contributed by atoms with Crippen LogP contribution < -0.4 is 25.8 Å². The van der Waals surface area contributed by atoms with E-state index in [9.17, 15) is 9.90 Å². The number of hydrogen-bond donors (Lipinski definition) is 3. The summed E-state index contributed by atoms with van der Waals surface area (Å²) in [5.41, 5.74) is 10.2. The molecule has 4 N–H and O–H groups in total. The van der Waals surface area contributed by atoms with Gasteiger partial charge >= 0.3 is 6.09 Å². The third kappa shape index (κ3) is 6.15. The SMILES string of the molecule is CNc1cccc(N2CCN(C)CC2)c1.Nc1ncc(-c2nc(N3CCOCC3)nc3c2CCN3C(=O)O)cn1. The average Bonchev–Trinajstić information content (AvgIpc) is 3.43. The Labute approximate surface area is 233 Å². The lowest BCUT2D eigenvalue weighted by molar-refractivity contribution is 0.122. The average molecular weight is 549 g/mol. The number of nitrogen functional groups attached to an aromatic ring is 1. The van der Waals surface area contributed by atoms with Gasteiger partial charge < -0.3 is 35.6 Å². The van der Waals surface area contributed by atoms with E-state index < -0.39 is 6.09 Å². The molecule has 0 unspecified atom stereocenters. The van der Waals surface area contributed by atoms with E-state index in [2.05, 4.69) is 66.4 Å². The number of anilines is 5. The van der Waals surface area contributed by atoms with Gasteiger partial charge in [0, 0.05) is 87.8 Å². The molecule has 1 aromatic carbocycles. The summed E-state index contributed by atoms with van der Waals surface area (Å²) in [4.78, 5) is 36.8. The molecule has 3 aliphatic heterocycles. The molecule has 0 atom stereocenters. The van der Waals surface area contributed by atoms with E-state index in [4.69, 9.17) is 10.5 Å². The lowest BCUT2D eigenvalue weighted by atomic mass is 10.1. The van der Waals surface area contributed by atoms with Crippen LogP contribution in [0.2, 0.25) is 0 Å². The van der Waals surface area contributed by atoms with Crippen molar-refractivity contribution in [3.05, 3.63) is 42.2 Å². The number of rotatable bonds is 4. The van der Waals surface area contributed by atoms with Crippen molar-refractivity contribution in [3.8, 4) is 11.3 Å². The fourth-order valence-corrected chi connectivity index (χ4v) is 4.96. The maximum atomic E-state index is 11.5. The standard InChI is InChI=1S/C15H17N7O3.C12H19N3/c16-13-17-7-9(8-18-13)11-10-1-2-22(15(23)24)12(10)20-14(19-11)21-3-5-25-6-4-21;1-13-11-4-3-5-12(10-11)15-8-6-14(2)7-9-15/h7-8H,1-6H2,(H,23,24)(H2,16,17,18);3-5,10,13H,6-9H2,1-2H3. The second-order valence-corrected chi connectivity index (χ2v) is 9.88. The first-order valence-corrected chi connectivity index (χ1v) is 13.5. The maximum Gasteiger partial charge on any atom is 0.413 e. The zero-order chi connectivity index (χ0) is 28.1. The zero-order valence-electron chi connectivity index (χ0n) is 23.0. The highest BCUT2D eigenvalue weighted by atomic mass is 16.5. The molecular formula is C27H36N10O3. The van der Waals surface area contributed by atoms with Gasteiger partial charge in [0.05, 0.1) is 18.9 Å². The monoisotopic (exact) mass is 548 g/mol. The van der Waals surface area contributed by atoms with Crippen molar-refractivity contribution in [2.24, 2.45) is 0 Å². The second-order valence-electron chi connectivity index (χ2n) is 9.88. The first-order chi connectivity index (χ1) is 19.4. The van der Waals surface area contributed by atoms with E-state index in [1.165, 1.54) is 16.3 Å². The number of fused-ring (bicyclic) bond motifs is 1. The molecule has 13 heteroatoms. The molecule has 40 heavy (non-hydrogen) atoms. The van der Waals surface area contributed by atoms with Gasteiger partial charge in [0.2, 0.25) is 11.9 Å². The van der Waals surface area contributed by atoms with Crippen molar-refractivity contribution in [2.75, 3.05) is 98.9 Å². The minimum atomic E-state index is -1.02. The largest absolute Gasteiger partial charge is 0.465 e. The summed E-state index contributed by atoms with van der Waals surface area (Å²) in [5, 5.41) is 12.6. The topological polar surface area (TPSA) is 149 Å². The highest BCUT2D eigenvalue weighted by Crippen LogP contribution is 2.35. The van der Waals surface area contributed by atoms with E-state index in [1.807, 2.05) is 11.9 Å². The highest BCUT2D eigenvalue weighted by Gasteiger charge is 2.31. The molecule has 2 saturated heterocycles. The normalized spacial score (nSPS) is 17.2. The van der Waals surface area contributed by atoms with E-state index in [0.29, 0.717) is 62.3 Å². The Hall–Kier alpha value is -4.23. The Balaban J connectivity index is 0.000000184. The van der Waals surface area contributed by atoms with Crippen LogP contribution in [0.3, 0.4) is 0 Å². The number of nitrogens with two attached hydrogens (primary N) is 1. The van der Waals surface area contributed by atoms with Crippen LogP contribution >= 0.6 is 0 Å². The van der Waals surface area contributed by atoms with E-state index in [-0.39, 0.29) is 5.95 Å². The fourth-order valence-electron chi connectivity index (χ4n) is 4.96. The van der Waals surface area contributed by atoms with Crippen LogP contribution in [0.1, 0.15) is 5.56 Å². The summed E-state index contributed by atoms with van der Waals surface area (Å²) >= 11 is 0. The number of morpholine rings is 1. The molecule has 212 valence electrons. The van der Waals surface area contributed by atoms with Crippen LogP contribution in [-0.4, -0.2) is 109 Å². The van der Waals surface area contributed by atoms with Gasteiger partial charge in [0.15, 0.2) is 0 Å². The third-order valence-electron chi connectivity index (χ3n) is 7.29. The van der Waals surface area contributed by atoms with Gasteiger partial charge in [0.25, 0.3) is 0 Å². The predicted molar refractivity (Wildman–Crippen MR) is 155 cm³/mol. The fraction of sp³-hybridized carbons (Fsp3) is 0.444. The summed E-state index contributed by atoms with van der Waals surface area (Å²) in [6.07, 6.45) is 2.71. The number of ether oxygens (including phenoxy) is 1. The first-order valence-electron chi connectivity index (χ1n) is 13.5. The Bertz CT molecular complexity index is 1310. The number of benzene rings is 1. The van der Waals surface area contributed by atoms with Crippen molar-refractivity contribution in [1.29, 1.82) is 0 Å². The number of nitrogens with zero attached hydrogens (tertiary/aromatic N) is 8. The molecule has 13 nitrogen and oxygen atoms in total. The van der Waals surface area contributed by atoms with E-state index >= 15 is 0 Å². The van der Waals surface area contributed by atoms with Crippen molar-refractivity contribution in [3.63, 3.8) is 0 Å². The van der Waals surface area contributed by atoms with Crippen LogP contribution in [0.15, 0.2) is 36.7 Å². The van der Waals surface area contributed by atoms with Gasteiger partial charge in [0.1, 0.15) is 5.82 Å². The number of hydrogen-bond acceptors (Lipinski definition) is 11. The maximum absolute atomic E-state index is 11.5. The Morgan fingerprint density at radius 2 is 1.73 bits per heavy atom. The molecule has 0 spiro atoms. The van der Waals surface area contributed by atoms with Gasteiger partial charge in [-0.25, -0.2) is 19.7 Å². The van der Waals surface area contributed by atoms with Crippen LogP contribution in [0.4, 0.5) is 33.9 Å². The van der Waals surface area contributed by atoms with Crippen LogP contribution in [0.5, 0.6) is 0 Å². The Morgan fingerprint density at radius 3 is 2.40 bits per heavy atom. The zero-order valence-corrected chi connectivity index (χ0v) is 23.0. The summed E-state index contributed by atoms with van der Waals surface area (Å²) in [6, 6.07) is 8.61. The van der Waals surface area contributed by atoms with Crippen molar-refractivity contribution in [2.45, 2.75) is 6.42 Å². The van der Waals surface area contributed by atoms with Gasteiger partial charge in [-0.3, -0.25) is 4.90 Å².